The summed E-state index contributed by atoms with van der Waals surface area (Å²) in [4.78, 5) is 21.2. The molecule has 0 atom stereocenters. The zero-order valence-electron chi connectivity index (χ0n) is 14.7. The van der Waals surface area contributed by atoms with E-state index in [0.29, 0.717) is 23.7 Å². The Morgan fingerprint density at radius 1 is 1.15 bits per heavy atom. The van der Waals surface area contributed by atoms with Crippen molar-refractivity contribution in [2.75, 3.05) is 7.11 Å². The summed E-state index contributed by atoms with van der Waals surface area (Å²) in [6, 6.07) is 11.0. The number of carbonyl (C=O) groups is 1. The molecule has 0 aliphatic rings. The molecule has 8 heteroatoms. The standard InChI is InChI=1S/C18H20N2O6/c1-18(2,26-17(19)21)11-12-4-9-15(16(10-12)24-3)25-14-7-5-13(6-8-14)20(22)23/h4-10H,11H2,1-3H3,(H2,19,21). The summed E-state index contributed by atoms with van der Waals surface area (Å²) in [5, 5.41) is 10.7. The maximum Gasteiger partial charge on any atom is 0.405 e. The third-order valence-electron chi connectivity index (χ3n) is 3.51. The first-order valence-electron chi connectivity index (χ1n) is 7.78. The molecular formula is C18H20N2O6. The zero-order valence-corrected chi connectivity index (χ0v) is 14.7. The molecule has 0 spiro atoms. The zero-order chi connectivity index (χ0) is 19.3. The van der Waals surface area contributed by atoms with Crippen LogP contribution in [-0.4, -0.2) is 23.7 Å². The van der Waals surface area contributed by atoms with Crippen LogP contribution >= 0.6 is 0 Å². The number of nitro groups is 1. The quantitative estimate of drug-likeness (QED) is 0.593. The number of rotatable bonds is 7. The minimum Gasteiger partial charge on any atom is -0.493 e. The number of hydrogen-bond acceptors (Lipinski definition) is 6. The smallest absolute Gasteiger partial charge is 0.405 e. The monoisotopic (exact) mass is 360 g/mol. The van der Waals surface area contributed by atoms with Crippen LogP contribution in [0.5, 0.6) is 17.2 Å². The number of benzene rings is 2. The van der Waals surface area contributed by atoms with E-state index in [0.717, 1.165) is 5.56 Å². The largest absolute Gasteiger partial charge is 0.493 e. The van der Waals surface area contributed by atoms with E-state index in [1.165, 1.54) is 31.4 Å². The van der Waals surface area contributed by atoms with E-state index >= 15 is 0 Å². The predicted octanol–water partition coefficient (Wildman–Crippen LogP) is 3.81. The average Bonchev–Trinajstić information content (AvgIpc) is 2.55. The SMILES string of the molecule is COc1cc(CC(C)(C)OC(N)=O)ccc1Oc1ccc([N+](=O)[O-])cc1. The summed E-state index contributed by atoms with van der Waals surface area (Å²) in [6.45, 7) is 3.51. The molecule has 0 aliphatic carbocycles. The summed E-state index contributed by atoms with van der Waals surface area (Å²) in [5.74, 6) is 1.38. The predicted molar refractivity (Wildman–Crippen MR) is 94.6 cm³/mol. The molecule has 8 nitrogen and oxygen atoms in total. The number of nitro benzene ring substituents is 1. The van der Waals surface area contributed by atoms with Gasteiger partial charge in [0.1, 0.15) is 11.4 Å². The molecule has 0 aromatic heterocycles. The first kappa shape index (κ1) is 19.0. The highest BCUT2D eigenvalue weighted by molar-refractivity contribution is 5.65. The van der Waals surface area contributed by atoms with Gasteiger partial charge in [-0.25, -0.2) is 4.79 Å². The number of hydrogen-bond donors (Lipinski definition) is 1. The normalized spacial score (nSPS) is 10.9. The number of methoxy groups -OCH3 is 1. The lowest BCUT2D eigenvalue weighted by atomic mass is 9.98. The van der Waals surface area contributed by atoms with Crippen molar-refractivity contribution in [1.29, 1.82) is 0 Å². The second-order valence-corrected chi connectivity index (χ2v) is 6.20. The molecule has 2 N–H and O–H groups in total. The van der Waals surface area contributed by atoms with Crippen LogP contribution in [0.25, 0.3) is 0 Å². The van der Waals surface area contributed by atoms with Gasteiger partial charge in [-0.05, 0) is 43.7 Å². The molecule has 0 radical (unpaired) electrons. The van der Waals surface area contributed by atoms with Crippen molar-refractivity contribution in [3.63, 3.8) is 0 Å². The molecule has 26 heavy (non-hydrogen) atoms. The van der Waals surface area contributed by atoms with Gasteiger partial charge in [0.2, 0.25) is 0 Å². The summed E-state index contributed by atoms with van der Waals surface area (Å²) in [6.07, 6.45) is -0.399. The van der Waals surface area contributed by atoms with Crippen molar-refractivity contribution in [3.05, 3.63) is 58.1 Å². The van der Waals surface area contributed by atoms with E-state index in [1.54, 1.807) is 26.0 Å². The molecule has 2 rings (SSSR count). The second-order valence-electron chi connectivity index (χ2n) is 6.20. The molecule has 0 fully saturated rings. The van der Waals surface area contributed by atoms with Gasteiger partial charge in [0.15, 0.2) is 11.5 Å². The third-order valence-corrected chi connectivity index (χ3v) is 3.51. The third kappa shape index (κ3) is 5.10. The van der Waals surface area contributed by atoms with Crippen LogP contribution in [0.3, 0.4) is 0 Å². The van der Waals surface area contributed by atoms with Crippen molar-refractivity contribution in [3.8, 4) is 17.2 Å². The highest BCUT2D eigenvalue weighted by Crippen LogP contribution is 2.34. The van der Waals surface area contributed by atoms with Gasteiger partial charge in [0, 0.05) is 18.6 Å². The summed E-state index contributed by atoms with van der Waals surface area (Å²) >= 11 is 0. The average molecular weight is 360 g/mol. The van der Waals surface area contributed by atoms with Crippen LogP contribution in [0.2, 0.25) is 0 Å². The molecule has 1 amide bonds. The molecule has 0 saturated carbocycles. The van der Waals surface area contributed by atoms with Crippen LogP contribution in [0.1, 0.15) is 19.4 Å². The fraction of sp³-hybridized carbons (Fsp3) is 0.278. The lowest BCUT2D eigenvalue weighted by Gasteiger charge is -2.24. The molecule has 138 valence electrons. The fourth-order valence-corrected chi connectivity index (χ4v) is 2.47. The minimum atomic E-state index is -0.833. The van der Waals surface area contributed by atoms with Gasteiger partial charge in [0.05, 0.1) is 12.0 Å². The van der Waals surface area contributed by atoms with Gasteiger partial charge < -0.3 is 19.9 Å². The van der Waals surface area contributed by atoms with Crippen LogP contribution < -0.4 is 15.2 Å². The van der Waals surface area contributed by atoms with Crippen LogP contribution in [0, 0.1) is 10.1 Å². The van der Waals surface area contributed by atoms with Crippen molar-refractivity contribution in [2.24, 2.45) is 5.73 Å². The van der Waals surface area contributed by atoms with Crippen LogP contribution in [-0.2, 0) is 11.2 Å². The molecule has 2 aromatic carbocycles. The Kier molecular flexibility index (Phi) is 5.66. The number of ether oxygens (including phenoxy) is 3. The van der Waals surface area contributed by atoms with E-state index in [4.69, 9.17) is 19.9 Å². The number of non-ortho nitro benzene ring substituents is 1. The lowest BCUT2D eigenvalue weighted by Crippen LogP contribution is -2.33. The molecule has 0 heterocycles. The first-order chi connectivity index (χ1) is 12.2. The van der Waals surface area contributed by atoms with Gasteiger partial charge in [-0.1, -0.05) is 6.07 Å². The molecular weight excluding hydrogens is 340 g/mol. The Morgan fingerprint density at radius 3 is 2.35 bits per heavy atom. The molecule has 0 aliphatic heterocycles. The summed E-state index contributed by atoms with van der Waals surface area (Å²) < 4.78 is 16.2. The van der Waals surface area contributed by atoms with Crippen molar-refractivity contribution < 1.29 is 23.9 Å². The second kappa shape index (κ2) is 7.73. The Bertz CT molecular complexity index is 802. The van der Waals surface area contributed by atoms with Gasteiger partial charge in [0.25, 0.3) is 5.69 Å². The maximum atomic E-state index is 11.0. The number of nitrogens with two attached hydrogens (primary N) is 1. The lowest BCUT2D eigenvalue weighted by molar-refractivity contribution is -0.384. The Labute approximate surface area is 150 Å². The van der Waals surface area contributed by atoms with E-state index in [2.05, 4.69) is 0 Å². The molecule has 2 aromatic rings. The minimum absolute atomic E-state index is 0.0173. The number of nitrogens with zero attached hydrogens (tertiary/aromatic N) is 1. The fourth-order valence-electron chi connectivity index (χ4n) is 2.47. The summed E-state index contributed by atoms with van der Waals surface area (Å²) in [7, 11) is 1.51. The van der Waals surface area contributed by atoms with Crippen LogP contribution in [0.4, 0.5) is 10.5 Å². The Hall–Kier alpha value is -3.29. The molecule has 0 saturated heterocycles. The van der Waals surface area contributed by atoms with Crippen LogP contribution in [0.15, 0.2) is 42.5 Å². The van der Waals surface area contributed by atoms with E-state index < -0.39 is 16.6 Å². The highest BCUT2D eigenvalue weighted by atomic mass is 16.6. The van der Waals surface area contributed by atoms with Crippen molar-refractivity contribution in [1.82, 2.24) is 0 Å². The number of carbonyl (C=O) groups excluding carboxylic acids is 1. The van der Waals surface area contributed by atoms with Gasteiger partial charge >= 0.3 is 6.09 Å². The summed E-state index contributed by atoms with van der Waals surface area (Å²) in [5.41, 5.74) is 5.16. The van der Waals surface area contributed by atoms with Gasteiger partial charge in [-0.2, -0.15) is 0 Å². The highest BCUT2D eigenvalue weighted by Gasteiger charge is 2.23. The molecule has 0 unspecified atom stereocenters. The van der Waals surface area contributed by atoms with Crippen molar-refractivity contribution in [2.45, 2.75) is 25.9 Å². The van der Waals surface area contributed by atoms with E-state index in [1.807, 2.05) is 6.07 Å². The van der Waals surface area contributed by atoms with Gasteiger partial charge in [-0.15, -0.1) is 0 Å². The van der Waals surface area contributed by atoms with E-state index in [9.17, 15) is 14.9 Å². The first-order valence-corrected chi connectivity index (χ1v) is 7.78. The Morgan fingerprint density at radius 2 is 1.81 bits per heavy atom. The van der Waals surface area contributed by atoms with E-state index in [-0.39, 0.29) is 5.69 Å². The molecule has 0 bridgehead atoms. The van der Waals surface area contributed by atoms with Gasteiger partial charge in [-0.3, -0.25) is 10.1 Å². The number of amides is 1. The maximum absolute atomic E-state index is 11.0. The van der Waals surface area contributed by atoms with Crippen molar-refractivity contribution >= 4 is 11.8 Å². The topological polar surface area (TPSA) is 114 Å². The Balaban J connectivity index is 2.17. The number of primary amides is 1.